The van der Waals surface area contributed by atoms with E-state index in [0.717, 1.165) is 19.1 Å². The minimum atomic E-state index is -3.25. The van der Waals surface area contributed by atoms with Crippen molar-refractivity contribution in [3.63, 3.8) is 0 Å². The third kappa shape index (κ3) is 2.98. The maximum absolute atomic E-state index is 10.5. The number of hydrogen-bond donors (Lipinski definition) is 0. The van der Waals surface area contributed by atoms with E-state index in [9.17, 15) is 8.42 Å². The predicted molar refractivity (Wildman–Crippen MR) is 41.7 cm³/mol. The van der Waals surface area contributed by atoms with Crippen molar-refractivity contribution in [2.24, 2.45) is 0 Å². The van der Waals surface area contributed by atoms with Gasteiger partial charge < -0.3 is 0 Å². The van der Waals surface area contributed by atoms with E-state index in [2.05, 4.69) is 20.1 Å². The standard InChI is InChI=1S/C5H9BrO3S/c1-10(7,8)9-4-5(6)2-3-5/h2-4H2,1H3. The maximum Gasteiger partial charge on any atom is 0.264 e. The summed E-state index contributed by atoms with van der Waals surface area (Å²) in [5.74, 6) is 0. The molecule has 3 nitrogen and oxygen atoms in total. The molecule has 0 aliphatic heterocycles. The van der Waals surface area contributed by atoms with Crippen molar-refractivity contribution in [1.82, 2.24) is 0 Å². The van der Waals surface area contributed by atoms with Crippen molar-refractivity contribution < 1.29 is 12.6 Å². The van der Waals surface area contributed by atoms with E-state index >= 15 is 0 Å². The molecule has 60 valence electrons. The van der Waals surface area contributed by atoms with Crippen LogP contribution in [0.4, 0.5) is 0 Å². The van der Waals surface area contributed by atoms with Crippen LogP contribution in [-0.4, -0.2) is 25.6 Å². The molecule has 1 aliphatic carbocycles. The molecule has 10 heavy (non-hydrogen) atoms. The van der Waals surface area contributed by atoms with Crippen LogP contribution in [0.1, 0.15) is 12.8 Å². The fourth-order valence-corrected chi connectivity index (χ4v) is 1.40. The van der Waals surface area contributed by atoms with Crippen LogP contribution >= 0.6 is 15.9 Å². The fraction of sp³-hybridized carbons (Fsp3) is 1.00. The third-order valence-corrected chi connectivity index (χ3v) is 2.89. The summed E-state index contributed by atoms with van der Waals surface area (Å²) in [4.78, 5) is 0. The highest BCUT2D eigenvalue weighted by Crippen LogP contribution is 2.44. The zero-order valence-corrected chi connectivity index (χ0v) is 8.03. The number of rotatable bonds is 3. The lowest BCUT2D eigenvalue weighted by Crippen LogP contribution is -2.13. The molecular weight excluding hydrogens is 220 g/mol. The van der Waals surface area contributed by atoms with Gasteiger partial charge in [-0.25, -0.2) is 0 Å². The summed E-state index contributed by atoms with van der Waals surface area (Å²) in [6, 6.07) is 0. The molecule has 0 amide bonds. The van der Waals surface area contributed by atoms with Gasteiger partial charge in [0.1, 0.15) is 0 Å². The summed E-state index contributed by atoms with van der Waals surface area (Å²) in [6.07, 6.45) is 3.07. The Morgan fingerprint density at radius 2 is 2.10 bits per heavy atom. The van der Waals surface area contributed by atoms with Crippen LogP contribution in [0.3, 0.4) is 0 Å². The van der Waals surface area contributed by atoms with Gasteiger partial charge in [0.25, 0.3) is 10.1 Å². The molecule has 1 fully saturated rings. The van der Waals surface area contributed by atoms with Gasteiger partial charge in [-0.1, -0.05) is 15.9 Å². The highest BCUT2D eigenvalue weighted by atomic mass is 79.9. The SMILES string of the molecule is CS(=O)(=O)OCC1(Br)CC1. The first kappa shape index (κ1) is 8.49. The number of alkyl halides is 1. The van der Waals surface area contributed by atoms with Crippen LogP contribution in [0.15, 0.2) is 0 Å². The largest absolute Gasteiger partial charge is 0.269 e. The number of halogens is 1. The van der Waals surface area contributed by atoms with E-state index in [1.54, 1.807) is 0 Å². The summed E-state index contributed by atoms with van der Waals surface area (Å²) in [5.41, 5.74) is 0. The molecule has 1 saturated carbocycles. The molecule has 0 spiro atoms. The van der Waals surface area contributed by atoms with Gasteiger partial charge in [-0.15, -0.1) is 0 Å². The maximum atomic E-state index is 10.5. The van der Waals surface area contributed by atoms with Crippen LogP contribution in [0.25, 0.3) is 0 Å². The van der Waals surface area contributed by atoms with Gasteiger partial charge >= 0.3 is 0 Å². The molecule has 0 aromatic heterocycles. The lowest BCUT2D eigenvalue weighted by Gasteiger charge is -2.03. The van der Waals surface area contributed by atoms with E-state index < -0.39 is 10.1 Å². The van der Waals surface area contributed by atoms with E-state index in [-0.39, 0.29) is 10.9 Å². The van der Waals surface area contributed by atoms with Gasteiger partial charge in [0.05, 0.1) is 17.2 Å². The first-order chi connectivity index (χ1) is 4.41. The zero-order chi connectivity index (χ0) is 7.83. The number of hydrogen-bond acceptors (Lipinski definition) is 3. The second-order valence-electron chi connectivity index (χ2n) is 2.62. The van der Waals surface area contributed by atoms with Crippen molar-refractivity contribution in [2.45, 2.75) is 17.2 Å². The van der Waals surface area contributed by atoms with Crippen LogP contribution in [0, 0.1) is 0 Å². The Morgan fingerprint density at radius 1 is 1.60 bits per heavy atom. The molecule has 0 radical (unpaired) electrons. The quantitative estimate of drug-likeness (QED) is 0.533. The van der Waals surface area contributed by atoms with E-state index in [1.807, 2.05) is 0 Å². The van der Waals surface area contributed by atoms with Gasteiger partial charge in [0.2, 0.25) is 0 Å². The Bertz CT molecular complexity index is 217. The van der Waals surface area contributed by atoms with Crippen molar-refractivity contribution in [2.75, 3.05) is 12.9 Å². The third-order valence-electron chi connectivity index (χ3n) is 1.32. The van der Waals surface area contributed by atoms with Crippen molar-refractivity contribution in [3.05, 3.63) is 0 Å². The van der Waals surface area contributed by atoms with Gasteiger partial charge in [0, 0.05) is 0 Å². The van der Waals surface area contributed by atoms with E-state index in [1.165, 1.54) is 0 Å². The topological polar surface area (TPSA) is 43.4 Å². The first-order valence-corrected chi connectivity index (χ1v) is 5.56. The normalized spacial score (nSPS) is 22.6. The monoisotopic (exact) mass is 228 g/mol. The zero-order valence-electron chi connectivity index (χ0n) is 5.63. The molecule has 0 saturated heterocycles. The predicted octanol–water partition coefficient (Wildman–Crippen LogP) is 0.890. The molecule has 1 aliphatic rings. The van der Waals surface area contributed by atoms with Crippen molar-refractivity contribution in [3.8, 4) is 0 Å². The van der Waals surface area contributed by atoms with Crippen LogP contribution in [0.5, 0.6) is 0 Å². The van der Waals surface area contributed by atoms with Crippen LogP contribution < -0.4 is 0 Å². The Hall–Kier alpha value is 0.390. The molecular formula is C5H9BrO3S. The van der Waals surface area contributed by atoms with Gasteiger partial charge in [-0.05, 0) is 12.8 Å². The summed E-state index contributed by atoms with van der Waals surface area (Å²) >= 11 is 3.35. The highest BCUT2D eigenvalue weighted by Gasteiger charge is 2.40. The molecule has 0 heterocycles. The average Bonchev–Trinajstić information content (AvgIpc) is 2.43. The summed E-state index contributed by atoms with van der Waals surface area (Å²) in [7, 11) is -3.25. The lowest BCUT2D eigenvalue weighted by atomic mass is 10.5. The Labute approximate surface area is 69.0 Å². The molecule has 0 N–H and O–H groups in total. The minimum absolute atomic E-state index is 0.0317. The molecule has 0 bridgehead atoms. The smallest absolute Gasteiger partial charge is 0.264 e. The fourth-order valence-electron chi connectivity index (χ4n) is 0.493. The van der Waals surface area contributed by atoms with Crippen LogP contribution in [0.2, 0.25) is 0 Å². The molecule has 0 aromatic rings. The molecule has 5 heteroatoms. The molecule has 0 unspecified atom stereocenters. The Morgan fingerprint density at radius 3 is 2.40 bits per heavy atom. The Kier molecular flexibility index (Phi) is 2.09. The van der Waals surface area contributed by atoms with Crippen molar-refractivity contribution >= 4 is 26.0 Å². The van der Waals surface area contributed by atoms with Gasteiger partial charge in [0.15, 0.2) is 0 Å². The molecule has 0 aromatic carbocycles. The lowest BCUT2D eigenvalue weighted by molar-refractivity contribution is 0.318. The Balaban J connectivity index is 2.30. The second kappa shape index (κ2) is 2.46. The van der Waals surface area contributed by atoms with E-state index in [0.29, 0.717) is 0 Å². The average molecular weight is 229 g/mol. The summed E-state index contributed by atoms with van der Waals surface area (Å²) in [6.45, 7) is 0.270. The molecule has 0 atom stereocenters. The molecule has 1 rings (SSSR count). The summed E-state index contributed by atoms with van der Waals surface area (Å²) < 4.78 is 25.5. The van der Waals surface area contributed by atoms with Crippen molar-refractivity contribution in [1.29, 1.82) is 0 Å². The summed E-state index contributed by atoms with van der Waals surface area (Å²) in [5, 5.41) is 0. The minimum Gasteiger partial charge on any atom is -0.269 e. The highest BCUT2D eigenvalue weighted by molar-refractivity contribution is 9.10. The van der Waals surface area contributed by atoms with Gasteiger partial charge in [-0.2, -0.15) is 8.42 Å². The van der Waals surface area contributed by atoms with Crippen LogP contribution in [-0.2, 0) is 14.3 Å². The van der Waals surface area contributed by atoms with E-state index in [4.69, 9.17) is 0 Å². The van der Waals surface area contributed by atoms with Gasteiger partial charge in [-0.3, -0.25) is 4.18 Å². The second-order valence-corrected chi connectivity index (χ2v) is 5.94. The first-order valence-electron chi connectivity index (χ1n) is 2.95.